The minimum absolute atomic E-state index is 0.229. The molecule has 1 unspecified atom stereocenters. The summed E-state index contributed by atoms with van der Waals surface area (Å²) in [6, 6.07) is -0.323. The third-order valence-electron chi connectivity index (χ3n) is 2.13. The molecule has 1 heterocycles. The Balaban J connectivity index is 2.76. The molecule has 0 saturated heterocycles. The molecule has 0 radical (unpaired) electrons. The zero-order valence-corrected chi connectivity index (χ0v) is 9.36. The molecular weight excluding hydrogens is 194 g/mol. The number of carbonyl (C=O) groups excluding carboxylic acids is 1. The number of aromatic nitrogens is 2. The largest absolute Gasteiger partial charge is 0.464 e. The lowest BCUT2D eigenvalue weighted by Crippen LogP contribution is -2.22. The van der Waals surface area contributed by atoms with Crippen molar-refractivity contribution in [3.63, 3.8) is 0 Å². The monoisotopic (exact) mass is 211 g/mol. The molecule has 5 nitrogen and oxygen atoms in total. The fourth-order valence-corrected chi connectivity index (χ4v) is 1.37. The smallest absolute Gasteiger partial charge is 0.328 e. The first kappa shape index (κ1) is 11.7. The molecule has 0 aromatic carbocycles. The van der Waals surface area contributed by atoms with Crippen molar-refractivity contribution in [2.24, 2.45) is 0 Å². The molecule has 15 heavy (non-hydrogen) atoms. The van der Waals surface area contributed by atoms with Gasteiger partial charge in [0.2, 0.25) is 0 Å². The second-order valence-electron chi connectivity index (χ2n) is 3.21. The van der Waals surface area contributed by atoms with E-state index in [1.165, 1.54) is 0 Å². The highest BCUT2D eigenvalue weighted by Crippen LogP contribution is 2.10. The Morgan fingerprint density at radius 2 is 2.47 bits per heavy atom. The van der Waals surface area contributed by atoms with Gasteiger partial charge in [-0.25, -0.2) is 9.78 Å². The Hall–Kier alpha value is -1.36. The predicted molar refractivity (Wildman–Crippen MR) is 56.3 cm³/mol. The molecule has 0 fully saturated rings. The second-order valence-corrected chi connectivity index (χ2v) is 3.21. The Kier molecular flexibility index (Phi) is 4.30. The third kappa shape index (κ3) is 2.79. The van der Waals surface area contributed by atoms with Gasteiger partial charge < -0.3 is 14.6 Å². The molecule has 0 aliphatic rings. The van der Waals surface area contributed by atoms with Gasteiger partial charge in [-0.3, -0.25) is 0 Å². The molecule has 1 aromatic heterocycles. The van der Waals surface area contributed by atoms with Gasteiger partial charge in [0.15, 0.2) is 0 Å². The summed E-state index contributed by atoms with van der Waals surface area (Å²) in [6.45, 7) is 4.64. The van der Waals surface area contributed by atoms with Gasteiger partial charge in [-0.15, -0.1) is 0 Å². The lowest BCUT2D eigenvalue weighted by molar-refractivity contribution is -0.146. The summed E-state index contributed by atoms with van der Waals surface area (Å²) in [4.78, 5) is 15.7. The van der Waals surface area contributed by atoms with Crippen LogP contribution in [0.25, 0.3) is 0 Å². The second kappa shape index (κ2) is 5.50. The molecule has 0 saturated carbocycles. The van der Waals surface area contributed by atoms with Crippen LogP contribution in [0.3, 0.4) is 0 Å². The first-order valence-electron chi connectivity index (χ1n) is 5.03. The molecule has 0 bridgehead atoms. The van der Waals surface area contributed by atoms with Gasteiger partial charge in [0.1, 0.15) is 11.9 Å². The van der Waals surface area contributed by atoms with Crippen LogP contribution in [-0.2, 0) is 16.1 Å². The fraction of sp³-hybridized carbons (Fsp3) is 0.600. The summed E-state index contributed by atoms with van der Waals surface area (Å²) in [5, 5.41) is 3.00. The summed E-state index contributed by atoms with van der Waals surface area (Å²) in [6.07, 6.45) is 3.47. The first-order valence-corrected chi connectivity index (χ1v) is 5.03. The zero-order chi connectivity index (χ0) is 11.3. The van der Waals surface area contributed by atoms with Crippen LogP contribution in [0.2, 0.25) is 0 Å². The Labute approximate surface area is 89.4 Å². The van der Waals surface area contributed by atoms with Crippen LogP contribution in [0.5, 0.6) is 0 Å². The Bertz CT molecular complexity index is 322. The van der Waals surface area contributed by atoms with Gasteiger partial charge in [-0.2, -0.15) is 0 Å². The minimum atomic E-state index is -0.323. The highest BCUT2D eigenvalue weighted by molar-refractivity contribution is 5.73. The maximum atomic E-state index is 11.5. The van der Waals surface area contributed by atoms with Crippen molar-refractivity contribution in [3.05, 3.63) is 18.2 Å². The van der Waals surface area contributed by atoms with Gasteiger partial charge in [0, 0.05) is 12.4 Å². The Morgan fingerprint density at radius 1 is 1.73 bits per heavy atom. The molecule has 0 aliphatic heterocycles. The first-order chi connectivity index (χ1) is 7.20. The normalized spacial score (nSPS) is 12.5. The van der Waals surface area contributed by atoms with E-state index in [-0.39, 0.29) is 12.0 Å². The van der Waals surface area contributed by atoms with Crippen molar-refractivity contribution in [2.45, 2.75) is 26.4 Å². The molecule has 5 heteroatoms. The maximum absolute atomic E-state index is 11.5. The number of ether oxygens (including phenoxy) is 1. The fourth-order valence-electron chi connectivity index (χ4n) is 1.37. The van der Waals surface area contributed by atoms with E-state index in [0.717, 1.165) is 5.82 Å². The van der Waals surface area contributed by atoms with E-state index in [1.807, 2.05) is 11.6 Å². The number of rotatable bonds is 5. The summed E-state index contributed by atoms with van der Waals surface area (Å²) in [5.74, 6) is 0.603. The average molecular weight is 211 g/mol. The molecule has 0 aliphatic carbocycles. The molecule has 1 aromatic rings. The molecule has 1 rings (SSSR count). The molecule has 1 N–H and O–H groups in total. The van der Waals surface area contributed by atoms with Crippen molar-refractivity contribution in [2.75, 3.05) is 13.7 Å². The zero-order valence-electron chi connectivity index (χ0n) is 9.36. The predicted octanol–water partition coefficient (Wildman–Crippen LogP) is 0.727. The standard InChI is InChI=1S/C10H17N3O2/c1-4-15-10(14)8(2)13-6-5-12-9(13)7-11-3/h5-6,8,11H,4,7H2,1-3H3. The van der Waals surface area contributed by atoms with E-state index in [1.54, 1.807) is 26.2 Å². The van der Waals surface area contributed by atoms with Crippen LogP contribution in [0.15, 0.2) is 12.4 Å². The van der Waals surface area contributed by atoms with Gasteiger partial charge in [0.25, 0.3) is 0 Å². The van der Waals surface area contributed by atoms with Gasteiger partial charge in [-0.05, 0) is 20.9 Å². The summed E-state index contributed by atoms with van der Waals surface area (Å²) in [7, 11) is 1.84. The summed E-state index contributed by atoms with van der Waals surface area (Å²) < 4.78 is 6.77. The van der Waals surface area contributed by atoms with Crippen LogP contribution in [0, 0.1) is 0 Å². The molecule has 0 spiro atoms. The van der Waals surface area contributed by atoms with Crippen LogP contribution in [0.4, 0.5) is 0 Å². The van der Waals surface area contributed by atoms with Crippen molar-refractivity contribution in [1.29, 1.82) is 0 Å². The number of hydrogen-bond acceptors (Lipinski definition) is 4. The average Bonchev–Trinajstić information content (AvgIpc) is 2.66. The van der Waals surface area contributed by atoms with Crippen LogP contribution in [0.1, 0.15) is 25.7 Å². The number of hydrogen-bond donors (Lipinski definition) is 1. The van der Waals surface area contributed by atoms with Crippen LogP contribution in [-0.4, -0.2) is 29.2 Å². The van der Waals surface area contributed by atoms with Crippen molar-refractivity contribution in [1.82, 2.24) is 14.9 Å². The SMILES string of the molecule is CCOC(=O)C(C)n1ccnc1CNC. The molecule has 1 atom stereocenters. The number of nitrogens with zero attached hydrogens (tertiary/aromatic N) is 2. The molecule has 84 valence electrons. The van der Waals surface area contributed by atoms with E-state index >= 15 is 0 Å². The van der Waals surface area contributed by atoms with Gasteiger partial charge in [-0.1, -0.05) is 0 Å². The number of carbonyl (C=O) groups is 1. The van der Waals surface area contributed by atoms with Crippen LogP contribution < -0.4 is 5.32 Å². The van der Waals surface area contributed by atoms with Crippen LogP contribution >= 0.6 is 0 Å². The van der Waals surface area contributed by atoms with Crippen molar-refractivity contribution >= 4 is 5.97 Å². The third-order valence-corrected chi connectivity index (χ3v) is 2.13. The number of nitrogens with one attached hydrogen (secondary N) is 1. The quantitative estimate of drug-likeness (QED) is 0.729. The van der Waals surface area contributed by atoms with E-state index < -0.39 is 0 Å². The Morgan fingerprint density at radius 3 is 3.07 bits per heavy atom. The lowest BCUT2D eigenvalue weighted by Gasteiger charge is -2.14. The highest BCUT2D eigenvalue weighted by atomic mass is 16.5. The van der Waals surface area contributed by atoms with E-state index in [2.05, 4.69) is 10.3 Å². The summed E-state index contributed by atoms with van der Waals surface area (Å²) in [5.41, 5.74) is 0. The number of esters is 1. The topological polar surface area (TPSA) is 56.2 Å². The lowest BCUT2D eigenvalue weighted by atomic mass is 10.3. The van der Waals surface area contributed by atoms with E-state index in [9.17, 15) is 4.79 Å². The maximum Gasteiger partial charge on any atom is 0.328 e. The van der Waals surface area contributed by atoms with Gasteiger partial charge in [0.05, 0.1) is 13.2 Å². The van der Waals surface area contributed by atoms with Crippen molar-refractivity contribution < 1.29 is 9.53 Å². The van der Waals surface area contributed by atoms with Gasteiger partial charge >= 0.3 is 5.97 Å². The minimum Gasteiger partial charge on any atom is -0.464 e. The molecule has 0 amide bonds. The van der Waals surface area contributed by atoms with E-state index in [0.29, 0.717) is 13.2 Å². The van der Waals surface area contributed by atoms with E-state index in [4.69, 9.17) is 4.74 Å². The highest BCUT2D eigenvalue weighted by Gasteiger charge is 2.17. The molecular formula is C10H17N3O2. The van der Waals surface area contributed by atoms with Crippen molar-refractivity contribution in [3.8, 4) is 0 Å². The summed E-state index contributed by atoms with van der Waals surface area (Å²) >= 11 is 0. The number of imidazole rings is 1.